The number of rotatable bonds is 3. The Labute approximate surface area is 159 Å². The molecule has 5 rings (SSSR count). The second-order valence-electron chi connectivity index (χ2n) is 6.21. The molecule has 0 N–H and O–H groups in total. The number of aryl methyl sites for hydroxylation is 3. The van der Waals surface area contributed by atoms with Crippen LogP contribution in [0.25, 0.3) is 21.6 Å². The lowest BCUT2D eigenvalue weighted by Gasteiger charge is -2.07. The molecule has 1 aliphatic carbocycles. The number of fused-ring (bicyclic) bond motifs is 3. The standard InChI is InChI=1S/C19H15N5S2/c1-11-7-9-21-19(22-11)26-18-15-13-5-2-6-14(13)25-17(15)23-16(24-18)12-4-3-8-20-10-12/h3-4,7-10H,2,5-6H2,1H3. The van der Waals surface area contributed by atoms with Crippen molar-refractivity contribution in [1.82, 2.24) is 24.9 Å². The van der Waals surface area contributed by atoms with Gasteiger partial charge in [0, 0.05) is 40.1 Å². The van der Waals surface area contributed by atoms with Crippen molar-refractivity contribution in [3.63, 3.8) is 0 Å². The van der Waals surface area contributed by atoms with Crippen LogP contribution in [0.2, 0.25) is 0 Å². The average molecular weight is 377 g/mol. The minimum Gasteiger partial charge on any atom is -0.264 e. The number of hydrogen-bond acceptors (Lipinski definition) is 7. The lowest BCUT2D eigenvalue weighted by atomic mass is 10.2. The normalized spacial score (nSPS) is 13.3. The van der Waals surface area contributed by atoms with Crippen molar-refractivity contribution < 1.29 is 0 Å². The van der Waals surface area contributed by atoms with E-state index in [2.05, 4.69) is 15.0 Å². The topological polar surface area (TPSA) is 64.5 Å². The van der Waals surface area contributed by atoms with Crippen molar-refractivity contribution in [3.8, 4) is 11.4 Å². The van der Waals surface area contributed by atoms with Gasteiger partial charge in [0.05, 0.1) is 0 Å². The second kappa shape index (κ2) is 6.41. The first kappa shape index (κ1) is 15.8. The summed E-state index contributed by atoms with van der Waals surface area (Å²) >= 11 is 3.32. The van der Waals surface area contributed by atoms with E-state index in [1.165, 1.54) is 34.0 Å². The SMILES string of the molecule is Cc1ccnc(Sc2nc(-c3cccnc3)nc3sc4c(c23)CCC4)n1. The highest BCUT2D eigenvalue weighted by molar-refractivity contribution is 7.99. The lowest BCUT2D eigenvalue weighted by molar-refractivity contribution is 0.914. The van der Waals surface area contributed by atoms with E-state index in [4.69, 9.17) is 9.97 Å². The molecule has 0 bridgehead atoms. The molecule has 128 valence electrons. The van der Waals surface area contributed by atoms with Crippen LogP contribution in [0.4, 0.5) is 0 Å². The first-order chi connectivity index (χ1) is 12.8. The molecule has 0 atom stereocenters. The molecule has 0 aliphatic heterocycles. The summed E-state index contributed by atoms with van der Waals surface area (Å²) < 4.78 is 0. The van der Waals surface area contributed by atoms with Gasteiger partial charge in [-0.1, -0.05) is 0 Å². The molecule has 0 unspecified atom stereocenters. The van der Waals surface area contributed by atoms with Crippen LogP contribution in [0.15, 0.2) is 47.0 Å². The quantitative estimate of drug-likeness (QED) is 0.387. The van der Waals surface area contributed by atoms with Gasteiger partial charge in [0.1, 0.15) is 9.86 Å². The van der Waals surface area contributed by atoms with Crippen molar-refractivity contribution in [2.45, 2.75) is 36.4 Å². The summed E-state index contributed by atoms with van der Waals surface area (Å²) in [4.78, 5) is 25.4. The Morgan fingerprint density at radius 2 is 2.04 bits per heavy atom. The van der Waals surface area contributed by atoms with E-state index in [1.54, 1.807) is 29.9 Å². The first-order valence-electron chi connectivity index (χ1n) is 8.48. The first-order valence-corrected chi connectivity index (χ1v) is 10.1. The highest BCUT2D eigenvalue weighted by Crippen LogP contribution is 2.42. The molecule has 4 aromatic heterocycles. The van der Waals surface area contributed by atoms with E-state index in [9.17, 15) is 0 Å². The van der Waals surface area contributed by atoms with Crippen molar-refractivity contribution in [2.75, 3.05) is 0 Å². The monoisotopic (exact) mass is 377 g/mol. The molecule has 1 aliphatic rings. The number of thiophene rings is 1. The second-order valence-corrected chi connectivity index (χ2v) is 8.25. The molecule has 4 aromatic rings. The predicted molar refractivity (Wildman–Crippen MR) is 104 cm³/mol. The lowest BCUT2D eigenvalue weighted by Crippen LogP contribution is -1.95. The van der Waals surface area contributed by atoms with Gasteiger partial charge in [0.25, 0.3) is 0 Å². The van der Waals surface area contributed by atoms with Gasteiger partial charge in [-0.05, 0) is 61.7 Å². The summed E-state index contributed by atoms with van der Waals surface area (Å²) in [5.74, 6) is 0.709. The van der Waals surface area contributed by atoms with Gasteiger partial charge in [-0.3, -0.25) is 4.98 Å². The molecule has 0 radical (unpaired) electrons. The van der Waals surface area contributed by atoms with E-state index in [-0.39, 0.29) is 0 Å². The van der Waals surface area contributed by atoms with Crippen LogP contribution in [-0.4, -0.2) is 24.9 Å². The molecule has 26 heavy (non-hydrogen) atoms. The van der Waals surface area contributed by atoms with Crippen molar-refractivity contribution in [1.29, 1.82) is 0 Å². The minimum atomic E-state index is 0.709. The van der Waals surface area contributed by atoms with Gasteiger partial charge < -0.3 is 0 Å². The molecule has 4 heterocycles. The van der Waals surface area contributed by atoms with Gasteiger partial charge in [0.2, 0.25) is 0 Å². The largest absolute Gasteiger partial charge is 0.264 e. The molecule has 0 amide bonds. The zero-order valence-electron chi connectivity index (χ0n) is 14.1. The Morgan fingerprint density at radius 1 is 1.08 bits per heavy atom. The molecular formula is C19H15N5S2. The van der Waals surface area contributed by atoms with Crippen LogP contribution in [-0.2, 0) is 12.8 Å². The third kappa shape index (κ3) is 2.77. The summed E-state index contributed by atoms with van der Waals surface area (Å²) in [5, 5.41) is 2.85. The molecule has 0 saturated carbocycles. The van der Waals surface area contributed by atoms with Gasteiger partial charge in [-0.15, -0.1) is 11.3 Å². The van der Waals surface area contributed by atoms with Crippen molar-refractivity contribution in [3.05, 3.63) is 52.9 Å². The number of nitrogens with zero attached hydrogens (tertiary/aromatic N) is 5. The molecule has 0 fully saturated rings. The van der Waals surface area contributed by atoms with Crippen LogP contribution in [0.1, 0.15) is 22.6 Å². The third-order valence-corrected chi connectivity index (χ3v) is 6.47. The Bertz CT molecular complexity index is 1110. The Morgan fingerprint density at radius 3 is 2.88 bits per heavy atom. The fourth-order valence-corrected chi connectivity index (χ4v) is 5.48. The summed E-state index contributed by atoms with van der Waals surface area (Å²) in [6, 6.07) is 5.81. The van der Waals surface area contributed by atoms with Crippen LogP contribution in [0.5, 0.6) is 0 Å². The summed E-state index contributed by atoms with van der Waals surface area (Å²) in [5.41, 5.74) is 3.30. The Hall–Kier alpha value is -2.38. The number of hydrogen-bond donors (Lipinski definition) is 0. The van der Waals surface area contributed by atoms with Gasteiger partial charge in [-0.25, -0.2) is 19.9 Å². The Kier molecular flexibility index (Phi) is 3.90. The predicted octanol–water partition coefficient (Wildman–Crippen LogP) is 4.49. The molecule has 0 spiro atoms. The molecule has 0 aromatic carbocycles. The third-order valence-electron chi connectivity index (χ3n) is 4.41. The van der Waals surface area contributed by atoms with Crippen LogP contribution >= 0.6 is 23.1 Å². The van der Waals surface area contributed by atoms with Crippen LogP contribution < -0.4 is 0 Å². The van der Waals surface area contributed by atoms with E-state index in [1.807, 2.05) is 25.1 Å². The van der Waals surface area contributed by atoms with Crippen LogP contribution in [0, 0.1) is 6.92 Å². The average Bonchev–Trinajstić information content (AvgIpc) is 3.23. The van der Waals surface area contributed by atoms with Crippen molar-refractivity contribution in [2.24, 2.45) is 0 Å². The van der Waals surface area contributed by atoms with E-state index in [0.29, 0.717) is 5.82 Å². The molecule has 7 heteroatoms. The highest BCUT2D eigenvalue weighted by Gasteiger charge is 2.23. The minimum absolute atomic E-state index is 0.709. The number of pyridine rings is 1. The van der Waals surface area contributed by atoms with E-state index < -0.39 is 0 Å². The maximum absolute atomic E-state index is 4.88. The van der Waals surface area contributed by atoms with Crippen LogP contribution in [0.3, 0.4) is 0 Å². The molecule has 5 nitrogen and oxygen atoms in total. The van der Waals surface area contributed by atoms with Crippen molar-refractivity contribution >= 4 is 33.3 Å². The summed E-state index contributed by atoms with van der Waals surface area (Å²) in [7, 11) is 0. The summed E-state index contributed by atoms with van der Waals surface area (Å²) in [6.07, 6.45) is 8.82. The zero-order valence-corrected chi connectivity index (χ0v) is 15.8. The number of aromatic nitrogens is 5. The van der Waals surface area contributed by atoms with Gasteiger partial charge in [-0.2, -0.15) is 0 Å². The van der Waals surface area contributed by atoms with E-state index in [0.717, 1.165) is 39.1 Å². The smallest absolute Gasteiger partial charge is 0.194 e. The highest BCUT2D eigenvalue weighted by atomic mass is 32.2. The maximum atomic E-state index is 4.88. The maximum Gasteiger partial charge on any atom is 0.194 e. The van der Waals surface area contributed by atoms with E-state index >= 15 is 0 Å². The Balaban J connectivity index is 1.70. The fourth-order valence-electron chi connectivity index (χ4n) is 3.22. The summed E-state index contributed by atoms with van der Waals surface area (Å²) in [6.45, 7) is 1.98. The van der Waals surface area contributed by atoms with Gasteiger partial charge in [0.15, 0.2) is 11.0 Å². The fraction of sp³-hybridized carbons (Fsp3) is 0.211. The molecule has 0 saturated heterocycles. The molecular weight excluding hydrogens is 362 g/mol. The zero-order chi connectivity index (χ0) is 17.5. The van der Waals surface area contributed by atoms with Gasteiger partial charge >= 0.3 is 0 Å².